The number of imidazole rings is 1. The maximum Gasteiger partial charge on any atom is 0.280 e. The third-order valence-electron chi connectivity index (χ3n) is 4.77. The predicted molar refractivity (Wildman–Crippen MR) is 102 cm³/mol. The van der Waals surface area contributed by atoms with Gasteiger partial charge in [-0.3, -0.25) is 9.36 Å². The summed E-state index contributed by atoms with van der Waals surface area (Å²) in [4.78, 5) is 21.9. The predicted octanol–water partition coefficient (Wildman–Crippen LogP) is 1.92. The van der Waals surface area contributed by atoms with Crippen molar-refractivity contribution in [3.8, 4) is 0 Å². The Kier molecular flexibility index (Phi) is 5.08. The topological polar surface area (TPSA) is 85.0 Å². The molecule has 3 rings (SSSR count). The number of aliphatic hydroxyl groups excluding tert-OH is 1. The molecule has 0 bridgehead atoms. The van der Waals surface area contributed by atoms with E-state index in [4.69, 9.17) is 0 Å². The number of benzene rings is 1. The molecule has 2 atom stereocenters. The van der Waals surface area contributed by atoms with Crippen LogP contribution in [0.5, 0.6) is 0 Å². The van der Waals surface area contributed by atoms with E-state index in [9.17, 15) is 9.90 Å². The van der Waals surface area contributed by atoms with E-state index in [-0.39, 0.29) is 11.5 Å². The monoisotopic (exact) mass is 355 g/mol. The summed E-state index contributed by atoms with van der Waals surface area (Å²) in [5.74, 6) is 1.25. The molecule has 3 aromatic rings. The lowest BCUT2D eigenvalue weighted by molar-refractivity contribution is 0.141. The van der Waals surface area contributed by atoms with E-state index in [1.165, 1.54) is 4.57 Å². The molecule has 0 amide bonds. The number of hydrogen-bond donors (Lipinski definition) is 2. The van der Waals surface area contributed by atoms with Crippen LogP contribution in [0.2, 0.25) is 0 Å². The Bertz CT molecular complexity index is 959. The van der Waals surface area contributed by atoms with E-state index in [1.54, 1.807) is 14.0 Å². The van der Waals surface area contributed by atoms with Crippen LogP contribution in [0.1, 0.15) is 25.2 Å². The Morgan fingerprint density at radius 1 is 1.19 bits per heavy atom. The second kappa shape index (κ2) is 7.29. The van der Waals surface area contributed by atoms with Crippen molar-refractivity contribution in [2.24, 2.45) is 13.0 Å². The van der Waals surface area contributed by atoms with E-state index < -0.39 is 6.10 Å². The highest BCUT2D eigenvalue weighted by Crippen LogP contribution is 2.15. The molecule has 0 radical (unpaired) electrons. The third kappa shape index (κ3) is 3.48. The highest BCUT2D eigenvalue weighted by atomic mass is 16.3. The maximum absolute atomic E-state index is 12.9. The molecule has 0 fully saturated rings. The number of anilines is 1. The van der Waals surface area contributed by atoms with Gasteiger partial charge in [-0.05, 0) is 25.3 Å². The molecule has 2 unspecified atom stereocenters. The largest absolute Gasteiger partial charge is 0.393 e. The van der Waals surface area contributed by atoms with Gasteiger partial charge in [0.2, 0.25) is 5.95 Å². The summed E-state index contributed by atoms with van der Waals surface area (Å²) < 4.78 is 3.40. The zero-order chi connectivity index (χ0) is 18.8. The lowest BCUT2D eigenvalue weighted by Gasteiger charge is -2.17. The van der Waals surface area contributed by atoms with Gasteiger partial charge in [0.15, 0.2) is 11.2 Å². The number of rotatable bonds is 6. The Morgan fingerprint density at radius 2 is 1.88 bits per heavy atom. The molecular formula is C19H25N5O2. The summed E-state index contributed by atoms with van der Waals surface area (Å²) in [7, 11) is 1.69. The molecule has 0 saturated carbocycles. The smallest absolute Gasteiger partial charge is 0.280 e. The van der Waals surface area contributed by atoms with Gasteiger partial charge in [0, 0.05) is 20.1 Å². The van der Waals surface area contributed by atoms with Crippen LogP contribution < -0.4 is 10.9 Å². The summed E-state index contributed by atoms with van der Waals surface area (Å²) in [5, 5.41) is 12.8. The average molecular weight is 355 g/mol. The summed E-state index contributed by atoms with van der Waals surface area (Å²) in [6.45, 7) is 6.66. The summed E-state index contributed by atoms with van der Waals surface area (Å²) in [6.07, 6.45) is -0.435. The standard InChI is InChI=1S/C19H25N5O2/c1-12(13(2)25)10-20-19-22-17-16(18(26)23(19)4)24(14(3)21-17)11-15-8-6-5-7-9-15/h5-9,12-13,25H,10-11H2,1-4H3,(H,20,22). The maximum atomic E-state index is 12.9. The Hall–Kier alpha value is -2.67. The van der Waals surface area contributed by atoms with Gasteiger partial charge in [-0.25, -0.2) is 4.98 Å². The number of aromatic nitrogens is 4. The Labute approximate surface area is 152 Å². The molecule has 1 aromatic carbocycles. The Morgan fingerprint density at radius 3 is 2.54 bits per heavy atom. The lowest BCUT2D eigenvalue weighted by Crippen LogP contribution is -2.28. The van der Waals surface area contributed by atoms with E-state index in [0.29, 0.717) is 30.2 Å². The minimum Gasteiger partial charge on any atom is -0.393 e. The Balaban J connectivity index is 1.99. The molecule has 0 aliphatic carbocycles. The number of aryl methyl sites for hydroxylation is 1. The zero-order valence-corrected chi connectivity index (χ0v) is 15.6. The fourth-order valence-electron chi connectivity index (χ4n) is 2.81. The van der Waals surface area contributed by atoms with Gasteiger partial charge in [0.25, 0.3) is 5.56 Å². The molecule has 2 N–H and O–H groups in total. The summed E-state index contributed by atoms with van der Waals surface area (Å²) in [6, 6.07) is 9.97. The second-order valence-electron chi connectivity index (χ2n) is 6.80. The molecule has 138 valence electrons. The van der Waals surface area contributed by atoms with Gasteiger partial charge < -0.3 is 15.0 Å². The molecule has 2 heterocycles. The quantitative estimate of drug-likeness (QED) is 0.706. The molecule has 26 heavy (non-hydrogen) atoms. The summed E-state index contributed by atoms with van der Waals surface area (Å²) in [5.41, 5.74) is 1.90. The molecule has 7 nitrogen and oxygen atoms in total. The highest BCUT2D eigenvalue weighted by Gasteiger charge is 2.17. The first kappa shape index (κ1) is 18.1. The number of hydrogen-bond acceptors (Lipinski definition) is 5. The lowest BCUT2D eigenvalue weighted by atomic mass is 10.1. The van der Waals surface area contributed by atoms with Crippen LogP contribution in [0.4, 0.5) is 5.95 Å². The molecule has 2 aromatic heterocycles. The van der Waals surface area contributed by atoms with E-state index >= 15 is 0 Å². The zero-order valence-electron chi connectivity index (χ0n) is 15.6. The van der Waals surface area contributed by atoms with Crippen molar-refractivity contribution in [1.82, 2.24) is 19.1 Å². The van der Waals surface area contributed by atoms with Crippen LogP contribution in [0.3, 0.4) is 0 Å². The van der Waals surface area contributed by atoms with Crippen LogP contribution in [-0.4, -0.2) is 36.9 Å². The van der Waals surface area contributed by atoms with Crippen LogP contribution in [0.25, 0.3) is 11.2 Å². The van der Waals surface area contributed by atoms with Crippen molar-refractivity contribution in [2.75, 3.05) is 11.9 Å². The number of nitrogens with zero attached hydrogens (tertiary/aromatic N) is 4. The first-order valence-electron chi connectivity index (χ1n) is 8.78. The van der Waals surface area contributed by atoms with Gasteiger partial charge >= 0.3 is 0 Å². The molecule has 0 saturated heterocycles. The van der Waals surface area contributed by atoms with Gasteiger partial charge in [0.05, 0.1) is 6.10 Å². The molecular weight excluding hydrogens is 330 g/mol. The fraction of sp³-hybridized carbons (Fsp3) is 0.421. The van der Waals surface area contributed by atoms with Crippen molar-refractivity contribution in [2.45, 2.75) is 33.4 Å². The van der Waals surface area contributed by atoms with Crippen molar-refractivity contribution in [3.05, 3.63) is 52.1 Å². The van der Waals surface area contributed by atoms with Crippen molar-refractivity contribution in [3.63, 3.8) is 0 Å². The van der Waals surface area contributed by atoms with Crippen LogP contribution in [-0.2, 0) is 13.6 Å². The van der Waals surface area contributed by atoms with Gasteiger partial charge in [-0.2, -0.15) is 4.98 Å². The summed E-state index contributed by atoms with van der Waals surface area (Å²) >= 11 is 0. The van der Waals surface area contributed by atoms with Crippen molar-refractivity contribution in [1.29, 1.82) is 0 Å². The SMILES string of the molecule is Cc1nc2nc(NCC(C)C(C)O)n(C)c(=O)c2n1Cc1ccccc1. The van der Waals surface area contributed by atoms with E-state index in [1.807, 2.05) is 48.7 Å². The molecule has 0 spiro atoms. The van der Waals surface area contributed by atoms with Crippen molar-refractivity contribution >= 4 is 17.1 Å². The number of fused-ring (bicyclic) bond motifs is 1. The number of nitrogens with one attached hydrogen (secondary N) is 1. The molecule has 7 heteroatoms. The normalized spacial score (nSPS) is 13.7. The molecule has 0 aliphatic heterocycles. The second-order valence-corrected chi connectivity index (χ2v) is 6.80. The first-order chi connectivity index (χ1) is 12.4. The number of aliphatic hydroxyl groups is 1. The van der Waals surface area contributed by atoms with Gasteiger partial charge in [0.1, 0.15) is 5.82 Å². The average Bonchev–Trinajstić information content (AvgIpc) is 2.93. The van der Waals surface area contributed by atoms with Crippen LogP contribution >= 0.6 is 0 Å². The minimum absolute atomic E-state index is 0.0416. The highest BCUT2D eigenvalue weighted by molar-refractivity contribution is 5.72. The van der Waals surface area contributed by atoms with Crippen LogP contribution in [0, 0.1) is 12.8 Å². The first-order valence-corrected chi connectivity index (χ1v) is 8.78. The fourth-order valence-corrected chi connectivity index (χ4v) is 2.81. The van der Waals surface area contributed by atoms with E-state index in [2.05, 4.69) is 15.3 Å². The van der Waals surface area contributed by atoms with Crippen molar-refractivity contribution < 1.29 is 5.11 Å². The minimum atomic E-state index is -0.435. The third-order valence-corrected chi connectivity index (χ3v) is 4.77. The van der Waals surface area contributed by atoms with Gasteiger partial charge in [-0.15, -0.1) is 0 Å². The van der Waals surface area contributed by atoms with Crippen LogP contribution in [0.15, 0.2) is 35.1 Å². The van der Waals surface area contributed by atoms with E-state index in [0.717, 1.165) is 11.4 Å². The van der Waals surface area contributed by atoms with Gasteiger partial charge in [-0.1, -0.05) is 37.3 Å². The molecule has 0 aliphatic rings.